The molecule has 5 nitrogen and oxygen atoms in total. The van der Waals surface area contributed by atoms with Crippen LogP contribution in [0.15, 0.2) is 40.9 Å². The average molecular weight is 410 g/mol. The summed E-state index contributed by atoms with van der Waals surface area (Å²) in [5.41, 5.74) is 6.78. The molecule has 122 valence electrons. The number of halogens is 3. The summed E-state index contributed by atoms with van der Waals surface area (Å²) in [5, 5.41) is 0.0282. The largest absolute Gasteiger partial charge is 0.280 e. The van der Waals surface area contributed by atoms with Crippen molar-refractivity contribution in [2.24, 2.45) is 0 Å². The maximum Gasteiger partial charge on any atom is 0.274 e. The molecule has 3 aromatic rings. The molecule has 0 aliphatic carbocycles. The Kier molecular flexibility index (Phi) is 4.64. The van der Waals surface area contributed by atoms with Crippen molar-refractivity contribution in [2.45, 2.75) is 6.92 Å². The third-order valence-corrected chi connectivity index (χ3v) is 4.09. The van der Waals surface area contributed by atoms with Gasteiger partial charge in [-0.25, -0.2) is 14.4 Å². The van der Waals surface area contributed by atoms with Crippen molar-refractivity contribution in [3.8, 4) is 0 Å². The van der Waals surface area contributed by atoms with Crippen molar-refractivity contribution in [2.75, 3.05) is 5.43 Å². The van der Waals surface area contributed by atoms with Crippen LogP contribution in [0.5, 0.6) is 0 Å². The van der Waals surface area contributed by atoms with Gasteiger partial charge in [0.2, 0.25) is 0 Å². The summed E-state index contributed by atoms with van der Waals surface area (Å²) in [4.78, 5) is 20.9. The van der Waals surface area contributed by atoms with E-state index in [4.69, 9.17) is 11.6 Å². The van der Waals surface area contributed by atoms with Gasteiger partial charge in [-0.05, 0) is 37.3 Å². The van der Waals surface area contributed by atoms with E-state index in [2.05, 4.69) is 36.7 Å². The number of hydrazine groups is 1. The highest BCUT2D eigenvalue weighted by molar-refractivity contribution is 9.10. The van der Waals surface area contributed by atoms with E-state index in [1.165, 1.54) is 18.2 Å². The molecular weight excluding hydrogens is 399 g/mol. The fourth-order valence-corrected chi connectivity index (χ4v) is 2.73. The number of benzene rings is 2. The second-order valence-corrected chi connectivity index (χ2v) is 6.29. The number of aryl methyl sites for hydroxylation is 1. The fraction of sp³-hybridized carbons (Fsp3) is 0.0625. The minimum Gasteiger partial charge on any atom is -0.280 e. The minimum absolute atomic E-state index is 0.0282. The van der Waals surface area contributed by atoms with Crippen molar-refractivity contribution in [1.82, 2.24) is 15.4 Å². The number of carbonyl (C=O) groups is 1. The van der Waals surface area contributed by atoms with Crippen LogP contribution >= 0.6 is 27.5 Å². The quantitative estimate of drug-likeness (QED) is 0.635. The maximum absolute atomic E-state index is 13.7. The Morgan fingerprint density at radius 2 is 2.00 bits per heavy atom. The van der Waals surface area contributed by atoms with Crippen LogP contribution in [-0.4, -0.2) is 15.9 Å². The van der Waals surface area contributed by atoms with Crippen molar-refractivity contribution in [1.29, 1.82) is 0 Å². The van der Waals surface area contributed by atoms with Gasteiger partial charge in [-0.2, -0.15) is 0 Å². The number of carbonyl (C=O) groups excluding carboxylic acids is 1. The van der Waals surface area contributed by atoms with Crippen LogP contribution in [0.3, 0.4) is 0 Å². The number of rotatable bonds is 3. The topological polar surface area (TPSA) is 66.9 Å². The Labute approximate surface area is 150 Å². The summed E-state index contributed by atoms with van der Waals surface area (Å²) in [6.45, 7) is 1.75. The van der Waals surface area contributed by atoms with Crippen molar-refractivity contribution < 1.29 is 9.18 Å². The van der Waals surface area contributed by atoms with Gasteiger partial charge >= 0.3 is 0 Å². The highest BCUT2D eigenvalue weighted by atomic mass is 79.9. The number of nitrogens with zero attached hydrogens (tertiary/aromatic N) is 2. The van der Waals surface area contributed by atoms with Crippen LogP contribution in [0.25, 0.3) is 11.0 Å². The molecule has 0 aliphatic rings. The Morgan fingerprint density at radius 3 is 2.75 bits per heavy atom. The lowest BCUT2D eigenvalue weighted by Crippen LogP contribution is -2.31. The molecule has 0 spiro atoms. The highest BCUT2D eigenvalue weighted by Crippen LogP contribution is 2.21. The van der Waals surface area contributed by atoms with Gasteiger partial charge in [-0.3, -0.25) is 15.6 Å². The van der Waals surface area contributed by atoms with Crippen molar-refractivity contribution >= 4 is 50.3 Å². The van der Waals surface area contributed by atoms with E-state index in [0.717, 1.165) is 9.99 Å². The van der Waals surface area contributed by atoms with Crippen molar-refractivity contribution in [3.63, 3.8) is 0 Å². The molecule has 3 rings (SSSR count). The zero-order valence-electron chi connectivity index (χ0n) is 12.4. The van der Waals surface area contributed by atoms with E-state index in [-0.39, 0.29) is 10.6 Å². The van der Waals surface area contributed by atoms with Gasteiger partial charge in [-0.1, -0.05) is 33.6 Å². The third kappa shape index (κ3) is 3.32. The normalized spacial score (nSPS) is 10.7. The van der Waals surface area contributed by atoms with Crippen LogP contribution in [0.2, 0.25) is 5.02 Å². The van der Waals surface area contributed by atoms with E-state index >= 15 is 0 Å². The number of amides is 1. The lowest BCUT2D eigenvalue weighted by Gasteiger charge is -2.12. The first-order valence-corrected chi connectivity index (χ1v) is 8.07. The van der Waals surface area contributed by atoms with Crippen LogP contribution in [-0.2, 0) is 0 Å². The summed E-state index contributed by atoms with van der Waals surface area (Å²) in [7, 11) is 0. The van der Waals surface area contributed by atoms with Crippen LogP contribution in [0.1, 0.15) is 16.1 Å². The highest BCUT2D eigenvalue weighted by Gasteiger charge is 2.16. The molecule has 0 aliphatic heterocycles. The Hall–Kier alpha value is -2.25. The molecule has 0 saturated heterocycles. The first-order valence-electron chi connectivity index (χ1n) is 6.90. The van der Waals surface area contributed by atoms with Gasteiger partial charge in [-0.15, -0.1) is 0 Å². The molecule has 0 bridgehead atoms. The van der Waals surface area contributed by atoms with Gasteiger partial charge in [0, 0.05) is 4.47 Å². The first-order chi connectivity index (χ1) is 11.5. The Morgan fingerprint density at radius 1 is 1.21 bits per heavy atom. The number of aromatic nitrogens is 2. The molecule has 0 fully saturated rings. The predicted molar refractivity (Wildman–Crippen MR) is 94.5 cm³/mol. The van der Waals surface area contributed by atoms with Gasteiger partial charge in [0.25, 0.3) is 5.91 Å². The number of fused-ring (bicyclic) bond motifs is 1. The zero-order chi connectivity index (χ0) is 17.3. The fourth-order valence-electron chi connectivity index (χ4n) is 2.13. The summed E-state index contributed by atoms with van der Waals surface area (Å²) >= 11 is 9.25. The maximum atomic E-state index is 13.7. The molecule has 1 heterocycles. The van der Waals surface area contributed by atoms with E-state index in [0.29, 0.717) is 17.0 Å². The Bertz CT molecular complexity index is 931. The standard InChI is InChI=1S/C16H11BrClFN4O/c1-8-15(21-12-6-5-9(17)7-13(12)20-8)22-23-16(24)14-10(18)3-2-4-11(14)19/h2-7H,1H3,(H,21,22)(H,23,24). The third-order valence-electron chi connectivity index (χ3n) is 3.28. The van der Waals surface area contributed by atoms with Gasteiger partial charge in [0.15, 0.2) is 5.82 Å². The molecule has 24 heavy (non-hydrogen) atoms. The van der Waals surface area contributed by atoms with E-state index in [1.54, 1.807) is 13.0 Å². The van der Waals surface area contributed by atoms with Gasteiger partial charge in [0.1, 0.15) is 5.82 Å². The molecule has 1 aromatic heterocycles. The van der Waals surface area contributed by atoms with Gasteiger partial charge < -0.3 is 0 Å². The molecule has 0 saturated carbocycles. The SMILES string of the molecule is Cc1nc2cc(Br)ccc2nc1NNC(=O)c1c(F)cccc1Cl. The predicted octanol–water partition coefficient (Wildman–Crippen LogP) is 4.25. The molecule has 8 heteroatoms. The second kappa shape index (κ2) is 6.70. The number of anilines is 1. The smallest absolute Gasteiger partial charge is 0.274 e. The molecule has 0 atom stereocenters. The lowest BCUT2D eigenvalue weighted by molar-refractivity contribution is 0.0958. The summed E-state index contributed by atoms with van der Waals surface area (Å²) in [6, 6.07) is 9.52. The molecule has 2 N–H and O–H groups in total. The summed E-state index contributed by atoms with van der Waals surface area (Å²) in [5.74, 6) is -1.03. The van der Waals surface area contributed by atoms with E-state index in [9.17, 15) is 9.18 Å². The van der Waals surface area contributed by atoms with Crippen LogP contribution in [0, 0.1) is 12.7 Å². The molecule has 0 radical (unpaired) electrons. The molecule has 0 unspecified atom stereocenters. The number of hydrogen-bond acceptors (Lipinski definition) is 4. The van der Waals surface area contributed by atoms with Crippen molar-refractivity contribution in [3.05, 3.63) is 63.0 Å². The van der Waals surface area contributed by atoms with Gasteiger partial charge in [0.05, 0.1) is 27.3 Å². The van der Waals surface area contributed by atoms with E-state index in [1.807, 2.05) is 12.1 Å². The second-order valence-electron chi connectivity index (χ2n) is 4.97. The van der Waals surface area contributed by atoms with Crippen LogP contribution < -0.4 is 10.9 Å². The average Bonchev–Trinajstić information content (AvgIpc) is 2.52. The summed E-state index contributed by atoms with van der Waals surface area (Å²) < 4.78 is 14.6. The number of nitrogens with one attached hydrogen (secondary N) is 2. The molecule has 2 aromatic carbocycles. The van der Waals surface area contributed by atoms with Crippen LogP contribution in [0.4, 0.5) is 10.2 Å². The minimum atomic E-state index is -0.701. The number of hydrogen-bond donors (Lipinski definition) is 2. The monoisotopic (exact) mass is 408 g/mol. The van der Waals surface area contributed by atoms with E-state index < -0.39 is 11.7 Å². The Balaban J connectivity index is 1.84. The molecular formula is C16H11BrClFN4O. The summed E-state index contributed by atoms with van der Waals surface area (Å²) in [6.07, 6.45) is 0. The lowest BCUT2D eigenvalue weighted by atomic mass is 10.2. The zero-order valence-corrected chi connectivity index (χ0v) is 14.7. The molecule has 1 amide bonds. The first kappa shape index (κ1) is 16.6.